The third-order valence-electron chi connectivity index (χ3n) is 3.33. The highest BCUT2D eigenvalue weighted by Gasteiger charge is 2.25. The summed E-state index contributed by atoms with van der Waals surface area (Å²) in [6, 6.07) is 4.20. The number of rotatable bonds is 3. The molecule has 1 aliphatic heterocycles. The largest absolute Gasteiger partial charge is 0.370 e. The molecular formula is C13H19ClN2O. The Balaban J connectivity index is 2.19. The molecule has 1 atom stereocenters. The van der Waals surface area contributed by atoms with Gasteiger partial charge in [0.15, 0.2) is 0 Å². The first-order valence-electron chi connectivity index (χ1n) is 5.95. The summed E-state index contributed by atoms with van der Waals surface area (Å²) in [5.74, 6) is 5.64. The molecule has 2 rings (SSSR count). The van der Waals surface area contributed by atoms with Crippen LogP contribution in [0.1, 0.15) is 17.5 Å². The van der Waals surface area contributed by atoms with E-state index in [9.17, 15) is 0 Å². The summed E-state index contributed by atoms with van der Waals surface area (Å²) in [5.41, 5.74) is 3.61. The Kier molecular flexibility index (Phi) is 3.92. The minimum absolute atomic E-state index is 0.511. The van der Waals surface area contributed by atoms with Crippen molar-refractivity contribution < 1.29 is 4.84 Å². The van der Waals surface area contributed by atoms with Crippen molar-refractivity contribution in [2.75, 3.05) is 24.6 Å². The monoisotopic (exact) mass is 254 g/mol. The van der Waals surface area contributed by atoms with Gasteiger partial charge in [0.25, 0.3) is 0 Å². The Labute approximate surface area is 107 Å². The Bertz CT molecular complexity index is 385. The molecular weight excluding hydrogens is 236 g/mol. The predicted molar refractivity (Wildman–Crippen MR) is 71.4 cm³/mol. The molecule has 1 unspecified atom stereocenters. The zero-order chi connectivity index (χ0) is 12.4. The molecule has 4 heteroatoms. The fourth-order valence-corrected chi connectivity index (χ4v) is 3.06. The fourth-order valence-electron chi connectivity index (χ4n) is 2.62. The van der Waals surface area contributed by atoms with E-state index in [4.69, 9.17) is 22.3 Å². The van der Waals surface area contributed by atoms with Gasteiger partial charge in [-0.05, 0) is 37.5 Å². The molecule has 0 aromatic heterocycles. The molecule has 1 heterocycles. The average Bonchev–Trinajstić information content (AvgIpc) is 2.65. The summed E-state index contributed by atoms with van der Waals surface area (Å²) in [6.45, 7) is 6.80. The van der Waals surface area contributed by atoms with Gasteiger partial charge in [-0.3, -0.25) is 0 Å². The van der Waals surface area contributed by atoms with Gasteiger partial charge in [0.2, 0.25) is 0 Å². The van der Waals surface area contributed by atoms with Gasteiger partial charge in [-0.2, -0.15) is 0 Å². The highest BCUT2D eigenvalue weighted by atomic mass is 35.5. The van der Waals surface area contributed by atoms with Crippen LogP contribution in [0.15, 0.2) is 12.1 Å². The molecule has 1 aromatic carbocycles. The minimum Gasteiger partial charge on any atom is -0.370 e. The van der Waals surface area contributed by atoms with Crippen LogP contribution in [0.4, 0.5) is 5.69 Å². The number of aryl methyl sites for hydroxylation is 2. The van der Waals surface area contributed by atoms with Crippen LogP contribution in [0.2, 0.25) is 5.02 Å². The van der Waals surface area contributed by atoms with Crippen molar-refractivity contribution in [2.24, 2.45) is 11.8 Å². The van der Waals surface area contributed by atoms with Crippen LogP contribution in [-0.2, 0) is 4.84 Å². The topological polar surface area (TPSA) is 38.5 Å². The molecule has 1 fully saturated rings. The lowest BCUT2D eigenvalue weighted by Gasteiger charge is -2.22. The molecule has 17 heavy (non-hydrogen) atoms. The quantitative estimate of drug-likeness (QED) is 0.843. The lowest BCUT2D eigenvalue weighted by Crippen LogP contribution is -2.23. The zero-order valence-electron chi connectivity index (χ0n) is 10.4. The second kappa shape index (κ2) is 5.25. The third-order valence-corrected chi connectivity index (χ3v) is 3.62. The minimum atomic E-state index is 0.511. The summed E-state index contributed by atoms with van der Waals surface area (Å²) in [6.07, 6.45) is 1.11. The van der Waals surface area contributed by atoms with Gasteiger partial charge >= 0.3 is 0 Å². The Morgan fingerprint density at radius 1 is 1.47 bits per heavy atom. The van der Waals surface area contributed by atoms with Crippen LogP contribution in [0.25, 0.3) is 0 Å². The van der Waals surface area contributed by atoms with Gasteiger partial charge in [0.05, 0.1) is 17.3 Å². The van der Waals surface area contributed by atoms with E-state index in [-0.39, 0.29) is 0 Å². The normalized spacial score (nSPS) is 20.0. The van der Waals surface area contributed by atoms with E-state index in [1.165, 1.54) is 11.1 Å². The van der Waals surface area contributed by atoms with E-state index >= 15 is 0 Å². The molecule has 2 N–H and O–H groups in total. The Morgan fingerprint density at radius 3 is 2.88 bits per heavy atom. The van der Waals surface area contributed by atoms with E-state index in [0.29, 0.717) is 12.5 Å². The molecule has 0 radical (unpaired) electrons. The van der Waals surface area contributed by atoms with Crippen LogP contribution in [0.3, 0.4) is 0 Å². The van der Waals surface area contributed by atoms with Crippen LogP contribution in [0, 0.1) is 19.8 Å². The maximum atomic E-state index is 6.34. The maximum Gasteiger partial charge on any atom is 0.0724 e. The van der Waals surface area contributed by atoms with Crippen molar-refractivity contribution in [2.45, 2.75) is 20.3 Å². The molecule has 3 nitrogen and oxygen atoms in total. The molecule has 1 aliphatic rings. The van der Waals surface area contributed by atoms with Gasteiger partial charge in [0.1, 0.15) is 0 Å². The molecule has 1 saturated heterocycles. The number of benzene rings is 1. The summed E-state index contributed by atoms with van der Waals surface area (Å²) in [7, 11) is 0. The lowest BCUT2D eigenvalue weighted by molar-refractivity contribution is 0.108. The maximum absolute atomic E-state index is 6.34. The highest BCUT2D eigenvalue weighted by Crippen LogP contribution is 2.34. The summed E-state index contributed by atoms with van der Waals surface area (Å²) in [4.78, 5) is 7.06. The molecule has 0 amide bonds. The van der Waals surface area contributed by atoms with Crippen molar-refractivity contribution in [1.82, 2.24) is 0 Å². The predicted octanol–water partition coefficient (Wildman–Crippen LogP) is 2.67. The molecule has 94 valence electrons. The third kappa shape index (κ3) is 2.73. The number of hydrogen-bond acceptors (Lipinski definition) is 3. The number of anilines is 1. The van der Waals surface area contributed by atoms with Crippen LogP contribution < -0.4 is 10.8 Å². The van der Waals surface area contributed by atoms with Gasteiger partial charge in [0, 0.05) is 19.0 Å². The molecule has 0 spiro atoms. The average molecular weight is 255 g/mol. The first-order valence-corrected chi connectivity index (χ1v) is 6.33. The van der Waals surface area contributed by atoms with Gasteiger partial charge < -0.3 is 9.74 Å². The van der Waals surface area contributed by atoms with Crippen LogP contribution >= 0.6 is 11.6 Å². The first-order chi connectivity index (χ1) is 8.11. The van der Waals surface area contributed by atoms with E-state index in [2.05, 4.69) is 24.8 Å². The van der Waals surface area contributed by atoms with Gasteiger partial charge in [-0.1, -0.05) is 17.7 Å². The first kappa shape index (κ1) is 12.7. The second-order valence-electron chi connectivity index (χ2n) is 4.85. The van der Waals surface area contributed by atoms with Crippen molar-refractivity contribution in [3.8, 4) is 0 Å². The van der Waals surface area contributed by atoms with E-state index < -0.39 is 0 Å². The Hall–Kier alpha value is -0.770. The fraction of sp³-hybridized carbons (Fsp3) is 0.538. The van der Waals surface area contributed by atoms with Crippen molar-refractivity contribution in [3.63, 3.8) is 0 Å². The van der Waals surface area contributed by atoms with Crippen molar-refractivity contribution >= 4 is 17.3 Å². The van der Waals surface area contributed by atoms with Crippen molar-refractivity contribution in [3.05, 3.63) is 28.3 Å². The van der Waals surface area contributed by atoms with Crippen LogP contribution in [0.5, 0.6) is 0 Å². The van der Waals surface area contributed by atoms with Gasteiger partial charge in [-0.25, -0.2) is 5.90 Å². The lowest BCUT2D eigenvalue weighted by atomic mass is 10.1. The number of halogens is 1. The zero-order valence-corrected chi connectivity index (χ0v) is 11.1. The summed E-state index contributed by atoms with van der Waals surface area (Å²) < 4.78 is 0. The number of nitrogens with two attached hydrogens (primary N) is 1. The summed E-state index contributed by atoms with van der Waals surface area (Å²) >= 11 is 6.34. The standard InChI is InChI=1S/C13H19ClN2O/c1-9-5-10(2)13(12(14)6-9)16-4-3-11(7-16)8-17-15/h5-6,11H,3-4,7-8,15H2,1-2H3. The molecule has 1 aromatic rings. The second-order valence-corrected chi connectivity index (χ2v) is 5.25. The summed E-state index contributed by atoms with van der Waals surface area (Å²) in [5, 5.41) is 0.844. The number of hydrogen-bond donors (Lipinski definition) is 1. The van der Waals surface area contributed by atoms with Gasteiger partial charge in [-0.15, -0.1) is 0 Å². The smallest absolute Gasteiger partial charge is 0.0724 e. The highest BCUT2D eigenvalue weighted by molar-refractivity contribution is 6.33. The van der Waals surface area contributed by atoms with E-state index in [1.54, 1.807) is 0 Å². The SMILES string of the molecule is Cc1cc(C)c(N2CCC(CON)C2)c(Cl)c1. The Morgan fingerprint density at radius 2 is 2.24 bits per heavy atom. The molecule has 0 aliphatic carbocycles. The molecule has 0 saturated carbocycles. The van der Waals surface area contributed by atoms with Crippen molar-refractivity contribution in [1.29, 1.82) is 0 Å². The van der Waals surface area contributed by atoms with Crippen LogP contribution in [-0.4, -0.2) is 19.7 Å². The number of nitrogens with zero attached hydrogens (tertiary/aromatic N) is 1. The van der Waals surface area contributed by atoms with E-state index in [0.717, 1.165) is 30.2 Å². The molecule has 0 bridgehead atoms. The van der Waals surface area contributed by atoms with E-state index in [1.807, 2.05) is 6.07 Å².